The molecule has 0 saturated carbocycles. The van der Waals surface area contributed by atoms with Crippen molar-refractivity contribution in [2.75, 3.05) is 54.4 Å². The highest BCUT2D eigenvalue weighted by Crippen LogP contribution is 2.01. The van der Waals surface area contributed by atoms with Crippen LogP contribution in [0.5, 0.6) is 0 Å². The van der Waals surface area contributed by atoms with E-state index in [9.17, 15) is 9.59 Å². The summed E-state index contributed by atoms with van der Waals surface area (Å²) in [6.07, 6.45) is 8.15. The molecule has 0 radical (unpaired) electrons. The van der Waals surface area contributed by atoms with Crippen LogP contribution in [-0.2, 0) is 9.59 Å². The number of carbonyl (C=O) groups is 2. The number of hydrogen-bond acceptors (Lipinski definition) is 5. The second-order valence-corrected chi connectivity index (χ2v) is 8.22. The Morgan fingerprint density at radius 3 is 1.66 bits per heavy atom. The van der Waals surface area contributed by atoms with Crippen molar-refractivity contribution in [2.45, 2.75) is 12.8 Å². The molecule has 0 bridgehead atoms. The average molecular weight is 483 g/mol. The number of rotatable bonds is 11. The third-order valence-electron chi connectivity index (χ3n) is 4.34. The standard InChI is InChI=1S/C14H20N2O.C9H8O2.C5H14N2/c1-16(2)12-6-11-15-14(17)10-9-13-7-4-3-5-8-13;10-9(11)7-6-8-4-2-1-3-5-8;1-7(2)5-3-4-6/h3-5,7-10H,6,11-12H2,1-2H3,(H,15,17);1-7H,(H,10,11);3-6H2,1-2H3/b;7-6-;. The SMILES string of the molecule is CN(C)CCCN.CN(C)CCCNC(=O)C=Cc1ccccc1.O=C(O)/C=C\c1ccccc1. The van der Waals surface area contributed by atoms with Gasteiger partial charge >= 0.3 is 5.97 Å². The minimum absolute atomic E-state index is 0.0346. The molecule has 7 nitrogen and oxygen atoms in total. The van der Waals surface area contributed by atoms with E-state index in [4.69, 9.17) is 10.8 Å². The summed E-state index contributed by atoms with van der Waals surface area (Å²) >= 11 is 0. The molecule has 35 heavy (non-hydrogen) atoms. The number of aliphatic carboxylic acids is 1. The van der Waals surface area contributed by atoms with Crippen molar-refractivity contribution in [3.05, 3.63) is 83.9 Å². The lowest BCUT2D eigenvalue weighted by molar-refractivity contribution is -0.131. The zero-order valence-electron chi connectivity index (χ0n) is 21.6. The smallest absolute Gasteiger partial charge is 0.328 e. The maximum absolute atomic E-state index is 11.4. The molecule has 1 amide bonds. The summed E-state index contributed by atoms with van der Waals surface area (Å²) in [4.78, 5) is 25.8. The van der Waals surface area contributed by atoms with E-state index in [1.807, 2.05) is 80.8 Å². The predicted octanol–water partition coefficient (Wildman–Crippen LogP) is 3.45. The molecular formula is C28H42N4O3. The second-order valence-electron chi connectivity index (χ2n) is 8.22. The summed E-state index contributed by atoms with van der Waals surface area (Å²) in [5, 5.41) is 11.1. The Balaban J connectivity index is 0.000000550. The summed E-state index contributed by atoms with van der Waals surface area (Å²) < 4.78 is 0. The second kappa shape index (κ2) is 21.3. The van der Waals surface area contributed by atoms with Crippen molar-refractivity contribution in [2.24, 2.45) is 5.73 Å². The molecule has 192 valence electrons. The molecule has 0 heterocycles. The van der Waals surface area contributed by atoms with Gasteiger partial charge in [-0.15, -0.1) is 0 Å². The van der Waals surface area contributed by atoms with Gasteiger partial charge in [0.05, 0.1) is 0 Å². The largest absolute Gasteiger partial charge is 0.478 e. The molecule has 0 unspecified atom stereocenters. The Hall–Kier alpha value is -3.26. The van der Waals surface area contributed by atoms with Crippen LogP contribution in [0, 0.1) is 0 Å². The molecule has 2 aromatic carbocycles. The molecule has 0 aliphatic carbocycles. The molecule has 0 fully saturated rings. The van der Waals surface area contributed by atoms with Gasteiger partial charge in [-0.05, 0) is 83.9 Å². The summed E-state index contributed by atoms with van der Waals surface area (Å²) in [7, 11) is 8.15. The van der Waals surface area contributed by atoms with Crippen LogP contribution in [0.3, 0.4) is 0 Å². The highest BCUT2D eigenvalue weighted by Gasteiger charge is 1.95. The molecule has 0 atom stereocenters. The number of nitrogens with zero attached hydrogens (tertiary/aromatic N) is 2. The summed E-state index contributed by atoms with van der Waals surface area (Å²) in [5.74, 6) is -0.957. The fraction of sp³-hybridized carbons (Fsp3) is 0.357. The van der Waals surface area contributed by atoms with E-state index in [-0.39, 0.29) is 5.91 Å². The monoisotopic (exact) mass is 482 g/mol. The molecule has 4 N–H and O–H groups in total. The number of carbonyl (C=O) groups excluding carboxylic acids is 1. The first-order valence-electron chi connectivity index (χ1n) is 11.7. The zero-order chi connectivity index (χ0) is 26.3. The van der Waals surface area contributed by atoms with Crippen LogP contribution in [0.25, 0.3) is 12.2 Å². The van der Waals surface area contributed by atoms with Crippen molar-refractivity contribution in [1.29, 1.82) is 0 Å². The van der Waals surface area contributed by atoms with Crippen LogP contribution in [0.1, 0.15) is 24.0 Å². The van der Waals surface area contributed by atoms with Crippen molar-refractivity contribution < 1.29 is 14.7 Å². The van der Waals surface area contributed by atoms with Gasteiger partial charge in [0, 0.05) is 18.7 Å². The van der Waals surface area contributed by atoms with Crippen molar-refractivity contribution in [1.82, 2.24) is 15.1 Å². The zero-order valence-corrected chi connectivity index (χ0v) is 21.6. The number of nitrogens with two attached hydrogens (primary N) is 1. The average Bonchev–Trinajstić information content (AvgIpc) is 2.85. The molecule has 0 spiro atoms. The molecule has 2 rings (SSSR count). The Labute approximate surface area is 210 Å². The summed E-state index contributed by atoms with van der Waals surface area (Å²) in [6, 6.07) is 19.1. The normalized spacial score (nSPS) is 10.6. The van der Waals surface area contributed by atoms with Crippen molar-refractivity contribution >= 4 is 24.0 Å². The van der Waals surface area contributed by atoms with Gasteiger partial charge in [-0.3, -0.25) is 4.79 Å². The van der Waals surface area contributed by atoms with Gasteiger partial charge in [0.1, 0.15) is 0 Å². The lowest BCUT2D eigenvalue weighted by atomic mass is 10.2. The van der Waals surface area contributed by atoms with E-state index in [1.165, 1.54) is 0 Å². The molecule has 7 heteroatoms. The quantitative estimate of drug-likeness (QED) is 0.335. The maximum Gasteiger partial charge on any atom is 0.328 e. The highest BCUT2D eigenvalue weighted by atomic mass is 16.4. The van der Waals surface area contributed by atoms with Gasteiger partial charge in [-0.2, -0.15) is 0 Å². The van der Waals surface area contributed by atoms with Gasteiger partial charge in [-0.1, -0.05) is 60.7 Å². The van der Waals surface area contributed by atoms with Crippen molar-refractivity contribution in [3.63, 3.8) is 0 Å². The number of carboxylic acid groups (broad SMARTS) is 1. The fourth-order valence-electron chi connectivity index (χ4n) is 2.54. The lowest BCUT2D eigenvalue weighted by Gasteiger charge is -2.08. The van der Waals surface area contributed by atoms with E-state index in [0.717, 1.165) is 56.2 Å². The maximum atomic E-state index is 11.4. The van der Waals surface area contributed by atoms with Crippen LogP contribution < -0.4 is 11.1 Å². The Kier molecular flexibility index (Phi) is 19.3. The van der Waals surface area contributed by atoms with Gasteiger partial charge in [-0.25, -0.2) is 4.79 Å². The van der Waals surface area contributed by atoms with Crippen LogP contribution in [0.15, 0.2) is 72.8 Å². The third kappa shape index (κ3) is 22.3. The Bertz CT molecular complexity index is 851. The van der Waals surface area contributed by atoms with E-state index in [0.29, 0.717) is 0 Å². The topological polar surface area (TPSA) is 98.9 Å². The first kappa shape index (κ1) is 31.7. The van der Waals surface area contributed by atoms with E-state index in [2.05, 4.69) is 29.2 Å². The Morgan fingerprint density at radius 1 is 0.800 bits per heavy atom. The summed E-state index contributed by atoms with van der Waals surface area (Å²) in [6.45, 7) is 3.62. The van der Waals surface area contributed by atoms with Gasteiger partial charge in [0.2, 0.25) is 5.91 Å². The third-order valence-corrected chi connectivity index (χ3v) is 4.34. The Morgan fingerprint density at radius 2 is 1.26 bits per heavy atom. The number of carboxylic acids is 1. The molecule has 0 aromatic heterocycles. The number of benzene rings is 2. The van der Waals surface area contributed by atoms with Gasteiger partial charge in [0.25, 0.3) is 0 Å². The molecule has 0 aliphatic rings. The van der Waals surface area contributed by atoms with E-state index < -0.39 is 5.97 Å². The molecule has 0 saturated heterocycles. The first-order valence-corrected chi connectivity index (χ1v) is 11.7. The van der Waals surface area contributed by atoms with Crippen LogP contribution in [-0.4, -0.2) is 81.2 Å². The molecular weight excluding hydrogens is 440 g/mol. The number of hydrogen-bond donors (Lipinski definition) is 3. The van der Waals surface area contributed by atoms with E-state index >= 15 is 0 Å². The van der Waals surface area contributed by atoms with Crippen LogP contribution >= 0.6 is 0 Å². The number of amides is 1. The highest BCUT2D eigenvalue weighted by molar-refractivity contribution is 5.91. The van der Waals surface area contributed by atoms with Crippen LogP contribution in [0.2, 0.25) is 0 Å². The van der Waals surface area contributed by atoms with Gasteiger partial charge in [0.15, 0.2) is 0 Å². The fourth-order valence-corrected chi connectivity index (χ4v) is 2.54. The number of nitrogens with one attached hydrogen (secondary N) is 1. The van der Waals surface area contributed by atoms with Crippen molar-refractivity contribution in [3.8, 4) is 0 Å². The minimum atomic E-state index is -0.922. The molecule has 0 aliphatic heterocycles. The summed E-state index contributed by atoms with van der Waals surface area (Å²) in [5.41, 5.74) is 7.19. The molecule has 2 aromatic rings. The lowest BCUT2D eigenvalue weighted by Crippen LogP contribution is -2.25. The van der Waals surface area contributed by atoms with E-state index in [1.54, 1.807) is 12.2 Å². The first-order chi connectivity index (χ1) is 16.7. The van der Waals surface area contributed by atoms with Gasteiger partial charge < -0.3 is 26.0 Å². The predicted molar refractivity (Wildman–Crippen MR) is 147 cm³/mol. The minimum Gasteiger partial charge on any atom is -0.478 e. The van der Waals surface area contributed by atoms with Crippen LogP contribution in [0.4, 0.5) is 0 Å².